The van der Waals surface area contributed by atoms with Crippen molar-refractivity contribution >= 4 is 440 Å². The van der Waals surface area contributed by atoms with Gasteiger partial charge in [0.1, 0.15) is 0 Å². The molecule has 0 spiro atoms. The van der Waals surface area contributed by atoms with Crippen molar-refractivity contribution in [3.05, 3.63) is 0 Å². The van der Waals surface area contributed by atoms with Crippen LogP contribution in [0.2, 0.25) is 5.62 Å². The van der Waals surface area contributed by atoms with Gasteiger partial charge in [0.25, 0.3) is 0 Å². The van der Waals surface area contributed by atoms with Crippen molar-refractivity contribution in [2.45, 2.75) is 5.62 Å². The van der Waals surface area contributed by atoms with E-state index in [4.69, 9.17) is 248 Å². The van der Waals surface area contributed by atoms with Crippen LogP contribution in [-0.4, -0.2) is 440 Å². The van der Waals surface area contributed by atoms with Gasteiger partial charge in [0.2, 0.25) is 0 Å². The van der Waals surface area contributed by atoms with E-state index in [-0.39, 0.29) is 0 Å². The molecule has 1 unspecified atom stereocenters. The molecule has 0 aromatic carbocycles. The molecule has 0 fully saturated rings. The van der Waals surface area contributed by atoms with Crippen molar-refractivity contribution in [1.29, 1.82) is 0 Å². The van der Waals surface area contributed by atoms with E-state index in [0.29, 0.717) is 0 Å². The molecule has 63 heavy (non-hydrogen) atoms. The fraction of sp³-hybridized carbons (Fsp3) is 1.00. The van der Waals surface area contributed by atoms with Crippen molar-refractivity contribution in [2.75, 3.05) is 0 Å². The average molecular weight is 683 g/mol. The Morgan fingerprint density at radius 3 is 0.476 bits per heavy atom. The molecular weight excluding hydrogens is 682 g/mol. The highest BCUT2D eigenvalue weighted by atomic mass is 13.7. The molecule has 0 heterocycles. The van der Waals surface area contributed by atoms with E-state index in [2.05, 4.69) is 0 Å². The molecule has 0 aliphatic carbocycles. The molecule has 1 atom stereocenters. The maximum absolute atomic E-state index is 6.84. The third-order valence-corrected chi connectivity index (χ3v) is 13.1. The van der Waals surface area contributed by atoms with Crippen molar-refractivity contribution in [2.24, 2.45) is 0 Å². The fourth-order valence-electron chi connectivity index (χ4n) is 10.9. The van der Waals surface area contributed by atoms with Gasteiger partial charge in [0.05, 0.1) is 0 Å². The van der Waals surface area contributed by atoms with E-state index in [1.807, 2.05) is 0 Å². The van der Waals surface area contributed by atoms with Crippen LogP contribution < -0.4 is 0 Å². The first kappa shape index (κ1) is 67.0. The Kier molecular flexibility index (Phi) is 32.9. The summed E-state index contributed by atoms with van der Waals surface area (Å²) < 4.78 is 0. The summed E-state index contributed by atoms with van der Waals surface area (Å²) in [5, 5.41) is 0. The minimum absolute atomic E-state index is 1.09. The van der Waals surface area contributed by atoms with Gasteiger partial charge >= 0.3 is 0 Å². The number of hydrogen-bond donors (Lipinski definition) is 0. The van der Waals surface area contributed by atoms with Crippen molar-refractivity contribution in [3.8, 4) is 0 Å². The molecule has 0 saturated heterocycles. The van der Waals surface area contributed by atoms with E-state index in [0.717, 1.165) is 7.06 Å². The number of hydrogen-bond acceptors (Lipinski definition) is 0. The first-order valence-corrected chi connectivity index (χ1v) is 20.7. The third kappa shape index (κ3) is 18.2. The van der Waals surface area contributed by atoms with Gasteiger partial charge < -0.3 is 0 Å². The molecule has 0 bridgehead atoms. The van der Waals surface area contributed by atoms with Crippen LogP contribution in [0.1, 0.15) is 0 Å². The van der Waals surface area contributed by atoms with Gasteiger partial charge in [-0.25, -0.2) is 0 Å². The lowest BCUT2D eigenvalue weighted by Crippen LogP contribution is -2.92. The molecule has 0 rings (SSSR count). The molecule has 0 aromatic heterocycles. The normalized spacial score (nSPS) is 10.3. The second-order valence-electron chi connectivity index (χ2n) is 17.5. The van der Waals surface area contributed by atoms with Gasteiger partial charge in [0, 0.05) is 440 Å². The van der Waals surface area contributed by atoms with E-state index in [9.17, 15) is 0 Å². The van der Waals surface area contributed by atoms with E-state index in [1.165, 1.54) is 0 Å². The monoisotopic (exact) mass is 696 g/mol. The van der Waals surface area contributed by atoms with Gasteiger partial charge in [0.15, 0.2) is 0 Å². The maximum atomic E-state index is 6.84. The molecule has 191 valence electrons. The maximum Gasteiger partial charge on any atom is 0.0294 e. The quantitative estimate of drug-likeness (QED) is 0.0662. The standard InChI is InChI=1S/CHB62/c2-34-53(33)57(44(15)16)36(56(42(11)12)43(13)14)1(35(54(38(3)4)39(5)6)55(40(7)8)41(9)10)37(58(60(45(17)18)46(19)20)61(47(21)22)48(23)24)59(62(49(25)26)50(27)28)63(51(29)30)52(31)32/h1H. The highest BCUT2D eigenvalue weighted by Crippen LogP contribution is 2.34. The van der Waals surface area contributed by atoms with Crippen LogP contribution in [-0.2, 0) is 0 Å². The molecule has 0 aliphatic heterocycles. The summed E-state index contributed by atoms with van der Waals surface area (Å²) in [7, 11) is 214. The minimum atomic E-state index is -1.56. The van der Waals surface area contributed by atoms with Crippen LogP contribution in [0.4, 0.5) is 0 Å². The third-order valence-electron chi connectivity index (χ3n) is 13.1. The summed E-state index contributed by atoms with van der Waals surface area (Å²) in [6.07, 6.45) is -37.6. The van der Waals surface area contributed by atoms with Crippen molar-refractivity contribution in [3.63, 3.8) is 0 Å². The lowest BCUT2D eigenvalue weighted by molar-refractivity contribution is 1.80. The van der Waals surface area contributed by atoms with Gasteiger partial charge in [-0.15, -0.1) is 5.62 Å². The summed E-state index contributed by atoms with van der Waals surface area (Å²) >= 11 is 0. The predicted molar refractivity (Wildman–Crippen MR) is 360 cm³/mol. The summed E-state index contributed by atoms with van der Waals surface area (Å²) in [4.78, 5) is 0. The highest BCUT2D eigenvalue weighted by Gasteiger charge is 2.62. The van der Waals surface area contributed by atoms with Crippen LogP contribution in [0, 0.1) is 0 Å². The van der Waals surface area contributed by atoms with E-state index in [1.54, 1.807) is 0 Å². The summed E-state index contributed by atoms with van der Waals surface area (Å²) in [5.41, 5.74) is -1.55. The zero-order valence-corrected chi connectivity index (χ0v) is 36.4. The van der Waals surface area contributed by atoms with Crippen LogP contribution >= 0.6 is 0 Å². The van der Waals surface area contributed by atoms with Gasteiger partial charge in [-0.2, -0.15) is 0 Å². The van der Waals surface area contributed by atoms with Crippen molar-refractivity contribution < 1.29 is 0 Å². The second-order valence-corrected chi connectivity index (χ2v) is 17.5. The molecule has 0 N–H and O–H groups in total. The molecule has 0 saturated carbocycles. The first-order valence-electron chi connectivity index (χ1n) is 20.7. The Balaban J connectivity index is 11.0. The fourth-order valence-corrected chi connectivity index (χ4v) is 10.9. The topological polar surface area (TPSA) is 0 Å². The van der Waals surface area contributed by atoms with Crippen LogP contribution in [0.3, 0.4) is 0 Å². The Labute approximate surface area is 441 Å². The molecular formula is CHB62. The second kappa shape index (κ2) is 30.9. The zero-order chi connectivity index (χ0) is 50.0. The molecule has 0 nitrogen and oxygen atoms in total. The Morgan fingerprint density at radius 2 is 0.333 bits per heavy atom. The molecule has 65 radical (unpaired) electrons. The highest BCUT2D eigenvalue weighted by molar-refractivity contribution is 8.27. The SMILES string of the molecule is [B][B]B([B])B(B([B])[B])B(B(B([B])[B])B([B])[B])C(B(B(B([B])[B])B([B])[B])B(B([B])[B])B([B])[B])B(B(B(B([B])[B])B([B])[B])B(B([B])[B])B([B])[B])B(B(B([B])[B])B([B])[B])B(B([B])[B])B([B])[B]. The van der Waals surface area contributed by atoms with Gasteiger partial charge in [-0.3, -0.25) is 0 Å². The zero-order valence-electron chi connectivity index (χ0n) is 36.4. The number of rotatable bonds is 30. The summed E-state index contributed by atoms with van der Waals surface area (Å²) in [5.74, 6) is 0. The summed E-state index contributed by atoms with van der Waals surface area (Å²) in [6, 6.07) is 0. The van der Waals surface area contributed by atoms with Crippen molar-refractivity contribution in [1.82, 2.24) is 0 Å². The molecule has 0 aromatic rings. The van der Waals surface area contributed by atoms with Crippen LogP contribution in [0.15, 0.2) is 0 Å². The van der Waals surface area contributed by atoms with Gasteiger partial charge in [-0.1, -0.05) is 0 Å². The molecule has 0 amide bonds. The largest absolute Gasteiger partial charge is 0.146 e. The van der Waals surface area contributed by atoms with Crippen LogP contribution in [0.25, 0.3) is 0 Å². The summed E-state index contributed by atoms with van der Waals surface area (Å²) in [6.45, 7) is -4.46. The Bertz CT molecular complexity index is 1000. The minimum Gasteiger partial charge on any atom is -0.146 e. The van der Waals surface area contributed by atoms with E-state index >= 15 is 0 Å². The van der Waals surface area contributed by atoms with E-state index < -0.39 is 191 Å². The Morgan fingerprint density at radius 1 is 0.190 bits per heavy atom. The molecule has 0 aliphatic rings. The lowest BCUT2D eigenvalue weighted by Gasteiger charge is -2.60. The lowest BCUT2D eigenvalue weighted by atomic mass is 8.30. The average Bonchev–Trinajstić information content (AvgIpc) is 3.07. The van der Waals surface area contributed by atoms with Gasteiger partial charge in [-0.05, 0) is 0 Å². The predicted octanol–water partition coefficient (Wildman–Crippen LogP) is -23.3. The van der Waals surface area contributed by atoms with Crippen LogP contribution in [0.5, 0.6) is 0 Å². The molecule has 62 heteroatoms. The first-order chi connectivity index (χ1) is 28.7. The smallest absolute Gasteiger partial charge is 0.0294 e. The Hall–Kier alpha value is 4.03.